The summed E-state index contributed by atoms with van der Waals surface area (Å²) in [6.45, 7) is 4.65. The highest BCUT2D eigenvalue weighted by Gasteiger charge is 2.08. The average Bonchev–Trinajstić information content (AvgIpc) is 2.47. The van der Waals surface area contributed by atoms with E-state index in [0.29, 0.717) is 12.1 Å². The second kappa shape index (κ2) is 5.97. The smallest absolute Gasteiger partial charge is 0.336 e. The number of hydrogen-bond acceptors (Lipinski definition) is 3. The van der Waals surface area contributed by atoms with Crippen LogP contribution in [-0.4, -0.2) is 0 Å². The van der Waals surface area contributed by atoms with Crippen LogP contribution in [0.1, 0.15) is 16.7 Å². The summed E-state index contributed by atoms with van der Waals surface area (Å²) in [5, 5.41) is 4.32. The molecule has 1 N–H and O–H groups in total. The van der Waals surface area contributed by atoms with Gasteiger partial charge in [-0.3, -0.25) is 0 Å². The van der Waals surface area contributed by atoms with Crippen molar-refractivity contribution in [3.63, 3.8) is 0 Å². The first-order chi connectivity index (χ1) is 10.5. The van der Waals surface area contributed by atoms with Crippen LogP contribution in [0.4, 0.5) is 5.69 Å². The van der Waals surface area contributed by atoms with Gasteiger partial charge in [0.25, 0.3) is 0 Å². The van der Waals surface area contributed by atoms with Crippen LogP contribution < -0.4 is 10.9 Å². The zero-order valence-corrected chi connectivity index (χ0v) is 14.0. The van der Waals surface area contributed by atoms with Gasteiger partial charge < -0.3 is 9.73 Å². The standard InChI is InChI=1S/C18H16BrNO2/c1-11-6-16-13(8-18(21)22-17(16)7-12(11)2)10-20-15-5-3-4-14(19)9-15/h3-9,20H,10H2,1-2H3. The Morgan fingerprint density at radius 1 is 1.09 bits per heavy atom. The molecule has 0 saturated carbocycles. The molecular weight excluding hydrogens is 342 g/mol. The van der Waals surface area contributed by atoms with Crippen molar-refractivity contribution < 1.29 is 4.42 Å². The molecule has 0 atom stereocenters. The third-order valence-corrected chi connectivity index (χ3v) is 4.25. The van der Waals surface area contributed by atoms with Crippen LogP contribution in [0.15, 0.2) is 56.1 Å². The molecule has 0 unspecified atom stereocenters. The summed E-state index contributed by atoms with van der Waals surface area (Å²) in [5.74, 6) is 0. The van der Waals surface area contributed by atoms with Gasteiger partial charge in [-0.1, -0.05) is 22.0 Å². The molecule has 1 aromatic heterocycles. The van der Waals surface area contributed by atoms with Gasteiger partial charge in [0.1, 0.15) is 5.58 Å². The zero-order valence-electron chi connectivity index (χ0n) is 12.4. The van der Waals surface area contributed by atoms with Crippen molar-refractivity contribution in [1.82, 2.24) is 0 Å². The summed E-state index contributed by atoms with van der Waals surface area (Å²) in [4.78, 5) is 11.8. The highest BCUT2D eigenvalue weighted by atomic mass is 79.9. The number of hydrogen-bond donors (Lipinski definition) is 1. The van der Waals surface area contributed by atoms with Gasteiger partial charge in [-0.15, -0.1) is 0 Å². The predicted molar refractivity (Wildman–Crippen MR) is 93.4 cm³/mol. The first-order valence-electron chi connectivity index (χ1n) is 7.06. The van der Waals surface area contributed by atoms with Crippen molar-refractivity contribution in [2.45, 2.75) is 20.4 Å². The molecule has 2 aromatic carbocycles. The van der Waals surface area contributed by atoms with Crippen molar-refractivity contribution in [3.05, 3.63) is 74.0 Å². The van der Waals surface area contributed by atoms with E-state index in [1.165, 1.54) is 5.56 Å². The Morgan fingerprint density at radius 3 is 2.64 bits per heavy atom. The van der Waals surface area contributed by atoms with Gasteiger partial charge in [0.15, 0.2) is 0 Å². The van der Waals surface area contributed by atoms with Crippen molar-refractivity contribution in [2.24, 2.45) is 0 Å². The summed E-state index contributed by atoms with van der Waals surface area (Å²) >= 11 is 3.45. The van der Waals surface area contributed by atoms with E-state index in [1.54, 1.807) is 6.07 Å². The minimum atomic E-state index is -0.318. The first-order valence-corrected chi connectivity index (χ1v) is 7.85. The summed E-state index contributed by atoms with van der Waals surface area (Å²) in [5.41, 5.74) is 4.56. The predicted octanol–water partition coefficient (Wildman–Crippen LogP) is 4.78. The van der Waals surface area contributed by atoms with E-state index in [9.17, 15) is 4.79 Å². The lowest BCUT2D eigenvalue weighted by molar-refractivity contribution is 0.559. The van der Waals surface area contributed by atoms with E-state index >= 15 is 0 Å². The van der Waals surface area contributed by atoms with E-state index in [4.69, 9.17) is 4.42 Å². The third kappa shape index (κ3) is 3.07. The highest BCUT2D eigenvalue weighted by molar-refractivity contribution is 9.10. The Hall–Kier alpha value is -2.07. The average molecular weight is 358 g/mol. The molecule has 4 heteroatoms. The number of halogens is 1. The lowest BCUT2D eigenvalue weighted by atomic mass is 10.0. The molecule has 0 aliphatic heterocycles. The molecule has 0 saturated heterocycles. The number of aryl methyl sites for hydroxylation is 2. The van der Waals surface area contributed by atoms with Gasteiger partial charge in [0.05, 0.1) is 0 Å². The zero-order chi connectivity index (χ0) is 15.7. The minimum Gasteiger partial charge on any atom is -0.423 e. The molecule has 3 nitrogen and oxygen atoms in total. The Balaban J connectivity index is 1.99. The van der Waals surface area contributed by atoms with Crippen molar-refractivity contribution in [2.75, 3.05) is 5.32 Å². The maximum Gasteiger partial charge on any atom is 0.336 e. The number of anilines is 1. The van der Waals surface area contributed by atoms with E-state index in [1.807, 2.05) is 37.3 Å². The molecule has 0 radical (unpaired) electrons. The monoisotopic (exact) mass is 357 g/mol. The molecular formula is C18H16BrNO2. The van der Waals surface area contributed by atoms with Crippen LogP contribution in [-0.2, 0) is 6.54 Å². The lowest BCUT2D eigenvalue weighted by Crippen LogP contribution is -2.06. The van der Waals surface area contributed by atoms with Crippen LogP contribution in [0.3, 0.4) is 0 Å². The van der Waals surface area contributed by atoms with Gasteiger partial charge in [0, 0.05) is 28.2 Å². The molecule has 0 aliphatic rings. The lowest BCUT2D eigenvalue weighted by Gasteiger charge is -2.10. The molecule has 0 bridgehead atoms. The second-order valence-corrected chi connectivity index (χ2v) is 6.30. The molecule has 22 heavy (non-hydrogen) atoms. The number of rotatable bonds is 3. The molecule has 0 aliphatic carbocycles. The van der Waals surface area contributed by atoms with Crippen LogP contribution >= 0.6 is 15.9 Å². The summed E-state index contributed by atoms with van der Waals surface area (Å²) in [7, 11) is 0. The van der Waals surface area contributed by atoms with E-state index in [-0.39, 0.29) is 5.63 Å². The van der Waals surface area contributed by atoms with E-state index < -0.39 is 0 Å². The SMILES string of the molecule is Cc1cc2oc(=O)cc(CNc3cccc(Br)c3)c2cc1C. The Kier molecular flexibility index (Phi) is 4.03. The summed E-state index contributed by atoms with van der Waals surface area (Å²) in [6.07, 6.45) is 0. The van der Waals surface area contributed by atoms with Crippen molar-refractivity contribution in [3.8, 4) is 0 Å². The molecule has 0 amide bonds. The molecule has 112 valence electrons. The summed E-state index contributed by atoms with van der Waals surface area (Å²) < 4.78 is 6.33. The molecule has 0 fully saturated rings. The maximum atomic E-state index is 11.8. The van der Waals surface area contributed by atoms with E-state index in [2.05, 4.69) is 34.2 Å². The third-order valence-electron chi connectivity index (χ3n) is 3.75. The van der Waals surface area contributed by atoms with Gasteiger partial charge in [0.2, 0.25) is 0 Å². The quantitative estimate of drug-likeness (QED) is 0.685. The van der Waals surface area contributed by atoms with Crippen LogP contribution in [0.2, 0.25) is 0 Å². The Bertz CT molecular complexity index is 899. The fourth-order valence-corrected chi connectivity index (χ4v) is 2.82. The maximum absolute atomic E-state index is 11.8. The minimum absolute atomic E-state index is 0.318. The second-order valence-electron chi connectivity index (χ2n) is 5.39. The summed E-state index contributed by atoms with van der Waals surface area (Å²) in [6, 6.07) is 13.5. The van der Waals surface area contributed by atoms with Crippen LogP contribution in [0, 0.1) is 13.8 Å². The van der Waals surface area contributed by atoms with Crippen LogP contribution in [0.25, 0.3) is 11.0 Å². The highest BCUT2D eigenvalue weighted by Crippen LogP contribution is 2.23. The molecule has 3 rings (SSSR count). The largest absolute Gasteiger partial charge is 0.423 e. The van der Waals surface area contributed by atoms with Gasteiger partial charge in [-0.2, -0.15) is 0 Å². The van der Waals surface area contributed by atoms with Gasteiger partial charge in [-0.05, 0) is 60.9 Å². The van der Waals surface area contributed by atoms with Crippen molar-refractivity contribution >= 4 is 32.6 Å². The number of benzene rings is 2. The fourth-order valence-electron chi connectivity index (χ4n) is 2.42. The van der Waals surface area contributed by atoms with Gasteiger partial charge >= 0.3 is 5.63 Å². The number of nitrogens with one attached hydrogen (secondary N) is 1. The Labute approximate surface area is 137 Å². The normalized spacial score (nSPS) is 10.9. The molecule has 1 heterocycles. The molecule has 3 aromatic rings. The topological polar surface area (TPSA) is 42.2 Å². The first kappa shape index (κ1) is 14.9. The van der Waals surface area contributed by atoms with E-state index in [0.717, 1.165) is 26.7 Å². The molecule has 0 spiro atoms. The van der Waals surface area contributed by atoms with Crippen molar-refractivity contribution in [1.29, 1.82) is 0 Å². The fraction of sp³-hybridized carbons (Fsp3) is 0.167. The number of fused-ring (bicyclic) bond motifs is 1. The Morgan fingerprint density at radius 2 is 1.86 bits per heavy atom. The van der Waals surface area contributed by atoms with Gasteiger partial charge in [-0.25, -0.2) is 4.79 Å². The van der Waals surface area contributed by atoms with Crippen LogP contribution in [0.5, 0.6) is 0 Å².